The van der Waals surface area contributed by atoms with Crippen LogP contribution >= 0.6 is 23.6 Å². The number of fused-ring (bicyclic) bond motifs is 1. The highest BCUT2D eigenvalue weighted by atomic mass is 32.1. The van der Waals surface area contributed by atoms with Crippen molar-refractivity contribution in [3.8, 4) is 16.3 Å². The summed E-state index contributed by atoms with van der Waals surface area (Å²) in [6, 6.07) is 24.5. The van der Waals surface area contributed by atoms with Crippen LogP contribution < -0.4 is 15.4 Å². The number of aromatic nitrogens is 4. The number of benzene rings is 3. The maximum atomic E-state index is 12.6. The van der Waals surface area contributed by atoms with Gasteiger partial charge in [0.05, 0.1) is 0 Å². The van der Waals surface area contributed by atoms with Crippen molar-refractivity contribution in [2.75, 3.05) is 5.32 Å². The molecule has 0 radical (unpaired) electrons. The number of anilines is 1. The molecule has 0 unspecified atom stereocenters. The van der Waals surface area contributed by atoms with Crippen molar-refractivity contribution >= 4 is 45.2 Å². The maximum absolute atomic E-state index is 12.6. The lowest BCUT2D eigenvalue weighted by Gasteiger charge is -2.11. The molecule has 0 saturated heterocycles. The summed E-state index contributed by atoms with van der Waals surface area (Å²) in [5.74, 6) is 1.11. The van der Waals surface area contributed by atoms with E-state index in [1.54, 1.807) is 28.8 Å². The number of thiocarbonyl (C=S) groups is 1. The molecule has 5 aromatic rings. The van der Waals surface area contributed by atoms with Crippen LogP contribution in [0.4, 0.5) is 5.69 Å². The fourth-order valence-electron chi connectivity index (χ4n) is 3.34. The second-order valence-corrected chi connectivity index (χ2v) is 9.00. The van der Waals surface area contributed by atoms with Crippen LogP contribution in [-0.4, -0.2) is 30.8 Å². The molecule has 2 aromatic heterocycles. The van der Waals surface area contributed by atoms with E-state index in [-0.39, 0.29) is 11.0 Å². The molecule has 3 aromatic carbocycles. The van der Waals surface area contributed by atoms with E-state index in [0.29, 0.717) is 17.9 Å². The van der Waals surface area contributed by atoms with Gasteiger partial charge in [0.1, 0.15) is 17.4 Å². The number of nitrogens with one attached hydrogen (secondary N) is 2. The molecule has 0 aliphatic heterocycles. The van der Waals surface area contributed by atoms with Gasteiger partial charge >= 0.3 is 0 Å². The first-order valence-electron chi connectivity index (χ1n) is 10.7. The molecule has 0 aliphatic carbocycles. The van der Waals surface area contributed by atoms with Crippen LogP contribution in [-0.2, 0) is 6.61 Å². The first-order chi connectivity index (χ1) is 17.0. The number of nitrogens with zero attached hydrogens (tertiary/aromatic N) is 4. The quantitative estimate of drug-likeness (QED) is 0.321. The molecule has 2 heterocycles. The van der Waals surface area contributed by atoms with Crippen molar-refractivity contribution < 1.29 is 9.53 Å². The number of hydrogen-bond donors (Lipinski definition) is 2. The SMILES string of the molecule is Cc1nnc2sc(-c3cccc(NC(=S)NC(=O)c4ccc(OCc5ccccc5)cc4)c3)nn12. The van der Waals surface area contributed by atoms with Gasteiger partial charge in [-0.1, -0.05) is 53.8 Å². The van der Waals surface area contributed by atoms with E-state index in [0.717, 1.165) is 32.6 Å². The van der Waals surface area contributed by atoms with E-state index in [2.05, 4.69) is 25.9 Å². The van der Waals surface area contributed by atoms with Crippen LogP contribution in [0.25, 0.3) is 15.5 Å². The summed E-state index contributed by atoms with van der Waals surface area (Å²) >= 11 is 6.79. The molecule has 0 fully saturated rings. The first-order valence-corrected chi connectivity index (χ1v) is 12.0. The van der Waals surface area contributed by atoms with Crippen LogP contribution in [0.1, 0.15) is 21.7 Å². The number of ether oxygens (including phenoxy) is 1. The van der Waals surface area contributed by atoms with E-state index >= 15 is 0 Å². The van der Waals surface area contributed by atoms with Crippen LogP contribution in [0.5, 0.6) is 5.75 Å². The minimum Gasteiger partial charge on any atom is -0.489 e. The molecule has 10 heteroatoms. The van der Waals surface area contributed by atoms with Gasteiger partial charge in [0.25, 0.3) is 5.91 Å². The highest BCUT2D eigenvalue weighted by Crippen LogP contribution is 2.27. The molecular weight excluding hydrogens is 480 g/mol. The summed E-state index contributed by atoms with van der Waals surface area (Å²) in [6.45, 7) is 2.32. The highest BCUT2D eigenvalue weighted by Gasteiger charge is 2.12. The van der Waals surface area contributed by atoms with Gasteiger partial charge in [0, 0.05) is 16.8 Å². The Morgan fingerprint density at radius 3 is 2.60 bits per heavy atom. The van der Waals surface area contributed by atoms with Gasteiger partial charge in [-0.3, -0.25) is 10.1 Å². The summed E-state index contributed by atoms with van der Waals surface area (Å²) in [7, 11) is 0. The van der Waals surface area contributed by atoms with Gasteiger partial charge in [0.2, 0.25) is 4.96 Å². The van der Waals surface area contributed by atoms with Gasteiger partial charge in [-0.15, -0.1) is 10.2 Å². The predicted molar refractivity (Wildman–Crippen MR) is 140 cm³/mol. The average molecular weight is 501 g/mol. The van der Waals surface area contributed by atoms with E-state index in [9.17, 15) is 4.79 Å². The normalized spacial score (nSPS) is 10.8. The first kappa shape index (κ1) is 22.6. The lowest BCUT2D eigenvalue weighted by Crippen LogP contribution is -2.34. The van der Waals surface area contributed by atoms with Crippen molar-refractivity contribution in [3.63, 3.8) is 0 Å². The fraction of sp³-hybridized carbons (Fsp3) is 0.0800. The molecule has 8 nitrogen and oxygen atoms in total. The van der Waals surface area contributed by atoms with Crippen LogP contribution in [0.3, 0.4) is 0 Å². The average Bonchev–Trinajstić information content (AvgIpc) is 3.46. The smallest absolute Gasteiger partial charge is 0.257 e. The molecule has 1 amide bonds. The molecule has 0 bridgehead atoms. The monoisotopic (exact) mass is 500 g/mol. The number of hydrogen-bond acceptors (Lipinski definition) is 7. The predicted octanol–water partition coefficient (Wildman–Crippen LogP) is 4.87. The molecule has 2 N–H and O–H groups in total. The lowest BCUT2D eigenvalue weighted by molar-refractivity contribution is 0.0977. The second kappa shape index (κ2) is 10.00. The molecule has 0 aliphatic rings. The van der Waals surface area contributed by atoms with Gasteiger partial charge in [-0.05, 0) is 61.1 Å². The number of carbonyl (C=O) groups is 1. The van der Waals surface area contributed by atoms with Gasteiger partial charge in [-0.2, -0.15) is 9.61 Å². The number of aryl methyl sites for hydroxylation is 1. The topological polar surface area (TPSA) is 93.4 Å². The summed E-state index contributed by atoms with van der Waals surface area (Å²) in [5.41, 5.74) is 3.20. The Balaban J connectivity index is 1.18. The van der Waals surface area contributed by atoms with Crippen LogP contribution in [0.15, 0.2) is 78.9 Å². The lowest BCUT2D eigenvalue weighted by atomic mass is 10.2. The Bertz CT molecular complexity index is 1500. The Kier molecular flexibility index (Phi) is 6.47. The van der Waals surface area contributed by atoms with E-state index in [4.69, 9.17) is 17.0 Å². The third-order valence-electron chi connectivity index (χ3n) is 5.11. The van der Waals surface area contributed by atoms with Crippen molar-refractivity contribution in [2.24, 2.45) is 0 Å². The van der Waals surface area contributed by atoms with Crippen molar-refractivity contribution in [1.82, 2.24) is 25.1 Å². The number of rotatable bonds is 6. The zero-order valence-corrected chi connectivity index (χ0v) is 20.3. The molecule has 0 saturated carbocycles. The Morgan fingerprint density at radius 1 is 1.03 bits per heavy atom. The minimum absolute atomic E-state index is 0.200. The van der Waals surface area contributed by atoms with Gasteiger partial charge in [0.15, 0.2) is 10.9 Å². The number of carbonyl (C=O) groups excluding carboxylic acids is 1. The van der Waals surface area contributed by atoms with E-state index < -0.39 is 0 Å². The minimum atomic E-state index is -0.308. The van der Waals surface area contributed by atoms with E-state index in [1.165, 1.54) is 11.3 Å². The fourth-order valence-corrected chi connectivity index (χ4v) is 4.43. The zero-order valence-electron chi connectivity index (χ0n) is 18.6. The molecule has 0 spiro atoms. The Morgan fingerprint density at radius 2 is 1.83 bits per heavy atom. The summed E-state index contributed by atoms with van der Waals surface area (Å²) < 4.78 is 7.48. The Labute approximate surface area is 210 Å². The highest BCUT2D eigenvalue weighted by molar-refractivity contribution is 7.80. The number of amides is 1. The molecule has 5 rings (SSSR count). The summed E-state index contributed by atoms with van der Waals surface area (Å²) in [5, 5.41) is 19.5. The third kappa shape index (κ3) is 5.34. The third-order valence-corrected chi connectivity index (χ3v) is 6.26. The zero-order chi connectivity index (χ0) is 24.2. The van der Waals surface area contributed by atoms with Gasteiger partial charge in [-0.25, -0.2) is 0 Å². The van der Waals surface area contributed by atoms with Crippen molar-refractivity contribution in [2.45, 2.75) is 13.5 Å². The summed E-state index contributed by atoms with van der Waals surface area (Å²) in [6.07, 6.45) is 0. The van der Waals surface area contributed by atoms with Crippen LogP contribution in [0, 0.1) is 6.92 Å². The van der Waals surface area contributed by atoms with Crippen molar-refractivity contribution in [1.29, 1.82) is 0 Å². The molecule has 174 valence electrons. The van der Waals surface area contributed by atoms with Gasteiger partial charge < -0.3 is 10.1 Å². The van der Waals surface area contributed by atoms with Crippen LogP contribution in [0.2, 0.25) is 0 Å². The maximum Gasteiger partial charge on any atom is 0.257 e. The largest absolute Gasteiger partial charge is 0.489 e. The van der Waals surface area contributed by atoms with E-state index in [1.807, 2.05) is 61.5 Å². The molecular formula is C25H20N6O2S2. The Hall–Kier alpha value is -4.15. The molecule has 0 atom stereocenters. The summed E-state index contributed by atoms with van der Waals surface area (Å²) in [4.78, 5) is 13.4. The standard InChI is InChI=1S/C25H20N6O2S2/c1-16-28-29-25-31(16)30-23(35-25)19-8-5-9-20(14-19)26-24(34)27-22(32)18-10-12-21(13-11-18)33-15-17-6-3-2-4-7-17/h2-14H,15H2,1H3,(H2,26,27,32,34). The molecule has 35 heavy (non-hydrogen) atoms. The second-order valence-electron chi connectivity index (χ2n) is 7.64. The van der Waals surface area contributed by atoms with Crippen molar-refractivity contribution in [3.05, 3.63) is 95.8 Å².